The molecule has 0 unspecified atom stereocenters. The summed E-state index contributed by atoms with van der Waals surface area (Å²) in [4.78, 5) is 12.8. The molecule has 0 aliphatic carbocycles. The molecule has 0 saturated heterocycles. The predicted octanol–water partition coefficient (Wildman–Crippen LogP) is 4.04. The van der Waals surface area contributed by atoms with Crippen molar-refractivity contribution in [2.75, 3.05) is 18.5 Å². The quantitative estimate of drug-likeness (QED) is 0.695. The van der Waals surface area contributed by atoms with Crippen molar-refractivity contribution < 1.29 is 9.13 Å². The van der Waals surface area contributed by atoms with E-state index < -0.39 is 0 Å². The van der Waals surface area contributed by atoms with Crippen LogP contribution < -0.4 is 10.1 Å². The average molecular weight is 352 g/mol. The van der Waals surface area contributed by atoms with E-state index in [4.69, 9.17) is 4.74 Å². The van der Waals surface area contributed by atoms with Gasteiger partial charge in [-0.15, -0.1) is 0 Å². The van der Waals surface area contributed by atoms with Crippen LogP contribution in [0.15, 0.2) is 48.9 Å². The van der Waals surface area contributed by atoms with Crippen molar-refractivity contribution in [2.24, 2.45) is 0 Å². The van der Waals surface area contributed by atoms with Gasteiger partial charge in [0, 0.05) is 36.1 Å². The Labute approximate surface area is 152 Å². The van der Waals surface area contributed by atoms with Gasteiger partial charge in [-0.3, -0.25) is 4.98 Å². The van der Waals surface area contributed by atoms with Gasteiger partial charge in [-0.1, -0.05) is 6.07 Å². The second-order valence-electron chi connectivity index (χ2n) is 5.84. The lowest BCUT2D eigenvalue weighted by molar-refractivity contribution is 0.334. The highest BCUT2D eigenvalue weighted by molar-refractivity contribution is 5.61. The lowest BCUT2D eigenvalue weighted by atomic mass is 10.1. The van der Waals surface area contributed by atoms with Crippen molar-refractivity contribution in [3.63, 3.8) is 0 Å². The van der Waals surface area contributed by atoms with E-state index in [1.165, 1.54) is 18.5 Å². The van der Waals surface area contributed by atoms with E-state index in [1.54, 1.807) is 12.3 Å². The lowest BCUT2D eigenvalue weighted by Crippen LogP contribution is -2.08. The van der Waals surface area contributed by atoms with Crippen LogP contribution in [0.25, 0.3) is 11.3 Å². The maximum Gasteiger partial charge on any atom is 0.129 e. The van der Waals surface area contributed by atoms with E-state index in [2.05, 4.69) is 20.3 Å². The fourth-order valence-electron chi connectivity index (χ4n) is 2.58. The SMILES string of the molecule is CCOc1cc(F)ccc1CCNc1cc(-c2ccc(C)nc2)ncn1. The smallest absolute Gasteiger partial charge is 0.129 e. The molecule has 3 rings (SSSR count). The van der Waals surface area contributed by atoms with Crippen LogP contribution in [0.2, 0.25) is 0 Å². The summed E-state index contributed by atoms with van der Waals surface area (Å²) in [6.45, 7) is 4.98. The number of ether oxygens (including phenoxy) is 1. The van der Waals surface area contributed by atoms with E-state index in [9.17, 15) is 4.39 Å². The molecule has 0 aliphatic rings. The Morgan fingerprint density at radius 3 is 2.73 bits per heavy atom. The number of aryl methyl sites for hydroxylation is 1. The minimum atomic E-state index is -0.294. The van der Waals surface area contributed by atoms with E-state index in [0.717, 1.165) is 28.3 Å². The van der Waals surface area contributed by atoms with Crippen LogP contribution in [0.1, 0.15) is 18.2 Å². The summed E-state index contributed by atoms with van der Waals surface area (Å²) in [6.07, 6.45) is 4.02. The highest BCUT2D eigenvalue weighted by atomic mass is 19.1. The Kier molecular flexibility index (Phi) is 5.73. The number of pyridine rings is 1. The molecular formula is C20H21FN4O. The molecule has 1 aromatic carbocycles. The maximum absolute atomic E-state index is 13.4. The Balaban J connectivity index is 1.65. The molecule has 6 heteroatoms. The number of aromatic nitrogens is 3. The van der Waals surface area contributed by atoms with Gasteiger partial charge >= 0.3 is 0 Å². The molecule has 0 spiro atoms. The van der Waals surface area contributed by atoms with Gasteiger partial charge in [0.1, 0.15) is 23.7 Å². The fraction of sp³-hybridized carbons (Fsp3) is 0.250. The number of hydrogen-bond acceptors (Lipinski definition) is 5. The summed E-state index contributed by atoms with van der Waals surface area (Å²) in [5.41, 5.74) is 3.67. The van der Waals surface area contributed by atoms with Crippen LogP contribution in [-0.4, -0.2) is 28.1 Å². The monoisotopic (exact) mass is 352 g/mol. The molecule has 0 amide bonds. The molecule has 0 radical (unpaired) electrons. The minimum Gasteiger partial charge on any atom is -0.493 e. The van der Waals surface area contributed by atoms with Crippen LogP contribution in [0.4, 0.5) is 10.2 Å². The molecule has 2 heterocycles. The van der Waals surface area contributed by atoms with Gasteiger partial charge in [0.05, 0.1) is 12.3 Å². The minimum absolute atomic E-state index is 0.294. The van der Waals surface area contributed by atoms with Gasteiger partial charge in [-0.05, 0) is 44.0 Å². The van der Waals surface area contributed by atoms with Gasteiger partial charge in [-0.25, -0.2) is 14.4 Å². The Morgan fingerprint density at radius 2 is 1.96 bits per heavy atom. The molecule has 26 heavy (non-hydrogen) atoms. The van der Waals surface area contributed by atoms with E-state index in [1.807, 2.05) is 32.0 Å². The summed E-state index contributed by atoms with van der Waals surface area (Å²) in [5, 5.41) is 3.28. The fourth-order valence-corrected chi connectivity index (χ4v) is 2.58. The molecule has 1 N–H and O–H groups in total. The third-order valence-corrected chi connectivity index (χ3v) is 3.90. The molecule has 0 fully saturated rings. The predicted molar refractivity (Wildman–Crippen MR) is 99.8 cm³/mol. The molecule has 134 valence electrons. The van der Waals surface area contributed by atoms with Crippen molar-refractivity contribution in [3.05, 3.63) is 66.0 Å². The first-order valence-corrected chi connectivity index (χ1v) is 8.56. The van der Waals surface area contributed by atoms with E-state index >= 15 is 0 Å². The Bertz CT molecular complexity index is 868. The molecular weight excluding hydrogens is 331 g/mol. The van der Waals surface area contributed by atoms with Gasteiger partial charge < -0.3 is 10.1 Å². The van der Waals surface area contributed by atoms with Gasteiger partial charge in [0.15, 0.2) is 0 Å². The molecule has 0 bridgehead atoms. The van der Waals surface area contributed by atoms with Gasteiger partial charge in [0.2, 0.25) is 0 Å². The van der Waals surface area contributed by atoms with Crippen molar-refractivity contribution in [2.45, 2.75) is 20.3 Å². The second kappa shape index (κ2) is 8.38. The zero-order chi connectivity index (χ0) is 18.4. The van der Waals surface area contributed by atoms with Crippen LogP contribution in [0.5, 0.6) is 5.75 Å². The number of nitrogens with one attached hydrogen (secondary N) is 1. The third kappa shape index (κ3) is 4.53. The van der Waals surface area contributed by atoms with E-state index in [0.29, 0.717) is 25.3 Å². The zero-order valence-corrected chi connectivity index (χ0v) is 14.9. The largest absolute Gasteiger partial charge is 0.493 e. The average Bonchev–Trinajstić information content (AvgIpc) is 2.65. The third-order valence-electron chi connectivity index (χ3n) is 3.90. The zero-order valence-electron chi connectivity index (χ0n) is 14.9. The van der Waals surface area contributed by atoms with Crippen molar-refractivity contribution >= 4 is 5.82 Å². The summed E-state index contributed by atoms with van der Waals surface area (Å²) in [5.74, 6) is 1.02. The number of nitrogens with zero attached hydrogens (tertiary/aromatic N) is 3. The number of hydrogen-bond donors (Lipinski definition) is 1. The molecule has 5 nitrogen and oxygen atoms in total. The van der Waals surface area contributed by atoms with Gasteiger partial charge in [0.25, 0.3) is 0 Å². The number of anilines is 1. The Morgan fingerprint density at radius 1 is 1.08 bits per heavy atom. The first-order chi connectivity index (χ1) is 12.7. The standard InChI is InChI=1S/C20H21FN4O/c1-3-26-19-10-17(21)7-6-15(19)8-9-22-20-11-18(24-13-25-20)16-5-4-14(2)23-12-16/h4-7,10-13H,3,8-9H2,1-2H3,(H,22,24,25). The van der Waals surface area contributed by atoms with Crippen LogP contribution in [-0.2, 0) is 6.42 Å². The number of halogens is 1. The van der Waals surface area contributed by atoms with Crippen molar-refractivity contribution in [1.82, 2.24) is 15.0 Å². The summed E-state index contributed by atoms with van der Waals surface area (Å²) >= 11 is 0. The maximum atomic E-state index is 13.4. The molecule has 0 saturated carbocycles. The van der Waals surface area contributed by atoms with Gasteiger partial charge in [-0.2, -0.15) is 0 Å². The molecule has 2 aromatic heterocycles. The molecule has 0 aliphatic heterocycles. The van der Waals surface area contributed by atoms with E-state index in [-0.39, 0.29) is 5.82 Å². The summed E-state index contributed by atoms with van der Waals surface area (Å²) < 4.78 is 18.9. The number of benzene rings is 1. The second-order valence-corrected chi connectivity index (χ2v) is 5.84. The first kappa shape index (κ1) is 17.8. The first-order valence-electron chi connectivity index (χ1n) is 8.56. The van der Waals surface area contributed by atoms with Crippen molar-refractivity contribution in [1.29, 1.82) is 0 Å². The normalized spacial score (nSPS) is 10.6. The lowest BCUT2D eigenvalue weighted by Gasteiger charge is -2.11. The summed E-state index contributed by atoms with van der Waals surface area (Å²) in [7, 11) is 0. The topological polar surface area (TPSA) is 59.9 Å². The Hall–Kier alpha value is -3.02. The van der Waals surface area contributed by atoms with Crippen LogP contribution in [0.3, 0.4) is 0 Å². The molecule has 0 atom stereocenters. The number of rotatable bonds is 7. The van der Waals surface area contributed by atoms with Crippen LogP contribution in [0, 0.1) is 12.7 Å². The van der Waals surface area contributed by atoms with Crippen molar-refractivity contribution in [3.8, 4) is 17.0 Å². The highest BCUT2D eigenvalue weighted by Crippen LogP contribution is 2.21. The highest BCUT2D eigenvalue weighted by Gasteiger charge is 2.06. The summed E-state index contributed by atoms with van der Waals surface area (Å²) in [6, 6.07) is 10.5. The molecule has 3 aromatic rings. The van der Waals surface area contributed by atoms with Crippen LogP contribution >= 0.6 is 0 Å².